The van der Waals surface area contributed by atoms with Gasteiger partial charge in [0, 0.05) is 11.6 Å². The molecule has 2 aliphatic carbocycles. The molecule has 2 saturated carbocycles. The zero-order valence-corrected chi connectivity index (χ0v) is 11.3. The Morgan fingerprint density at radius 3 is 2.30 bits per heavy atom. The molecule has 0 unspecified atom stereocenters. The van der Waals surface area contributed by atoms with E-state index in [9.17, 15) is 18.7 Å². The van der Waals surface area contributed by atoms with Crippen molar-refractivity contribution in [3.8, 4) is 0 Å². The Labute approximate surface area is 116 Å². The maximum Gasteiger partial charge on any atom is 0.314 e. The van der Waals surface area contributed by atoms with E-state index in [1.165, 1.54) is 12.5 Å². The van der Waals surface area contributed by atoms with Gasteiger partial charge in [-0.1, -0.05) is 25.3 Å². The van der Waals surface area contributed by atoms with Crippen molar-refractivity contribution in [2.75, 3.05) is 0 Å². The lowest BCUT2D eigenvalue weighted by Gasteiger charge is -2.56. The molecular formula is C16H18F2O2. The number of carboxylic acid groups (broad SMARTS) is 1. The molecule has 2 aliphatic rings. The van der Waals surface area contributed by atoms with Gasteiger partial charge in [0.2, 0.25) is 0 Å². The second kappa shape index (κ2) is 4.54. The molecule has 2 fully saturated rings. The van der Waals surface area contributed by atoms with Crippen LogP contribution in [0.15, 0.2) is 18.2 Å². The Morgan fingerprint density at radius 2 is 1.75 bits per heavy atom. The summed E-state index contributed by atoms with van der Waals surface area (Å²) in [4.78, 5) is 11.7. The molecule has 0 amide bonds. The molecule has 20 heavy (non-hydrogen) atoms. The van der Waals surface area contributed by atoms with E-state index in [2.05, 4.69) is 0 Å². The number of carboxylic acids is 1. The molecule has 1 spiro atoms. The normalized spacial score (nSPS) is 23.3. The van der Waals surface area contributed by atoms with Crippen molar-refractivity contribution in [2.45, 2.75) is 50.4 Å². The van der Waals surface area contributed by atoms with E-state index in [4.69, 9.17) is 0 Å². The molecule has 1 aromatic carbocycles. The van der Waals surface area contributed by atoms with Crippen LogP contribution in [0.2, 0.25) is 0 Å². The molecule has 0 aliphatic heterocycles. The minimum Gasteiger partial charge on any atom is -0.481 e. The first kappa shape index (κ1) is 13.5. The highest BCUT2D eigenvalue weighted by Crippen LogP contribution is 2.62. The van der Waals surface area contributed by atoms with Gasteiger partial charge in [0.1, 0.15) is 11.6 Å². The number of hydrogen-bond donors (Lipinski definition) is 1. The first-order valence-electron chi connectivity index (χ1n) is 7.17. The minimum atomic E-state index is -1.16. The van der Waals surface area contributed by atoms with Gasteiger partial charge in [-0.25, -0.2) is 8.78 Å². The molecule has 4 heteroatoms. The average Bonchev–Trinajstić information content (AvgIpc) is 2.36. The summed E-state index contributed by atoms with van der Waals surface area (Å²) in [5, 5.41) is 9.58. The van der Waals surface area contributed by atoms with Crippen molar-refractivity contribution >= 4 is 5.97 Å². The average molecular weight is 280 g/mol. The van der Waals surface area contributed by atoms with Crippen LogP contribution in [0.3, 0.4) is 0 Å². The molecule has 3 rings (SSSR count). The maximum atomic E-state index is 14.0. The van der Waals surface area contributed by atoms with Crippen LogP contribution in [0.4, 0.5) is 8.78 Å². The molecule has 0 bridgehead atoms. The number of rotatable bonds is 2. The summed E-state index contributed by atoms with van der Waals surface area (Å²) in [5.41, 5.74) is -0.949. The van der Waals surface area contributed by atoms with E-state index < -0.39 is 23.0 Å². The van der Waals surface area contributed by atoms with Gasteiger partial charge >= 0.3 is 5.97 Å². The third kappa shape index (κ3) is 1.93. The number of halogens is 2. The molecular weight excluding hydrogens is 262 g/mol. The van der Waals surface area contributed by atoms with E-state index in [0.717, 1.165) is 37.8 Å². The number of hydrogen-bond acceptors (Lipinski definition) is 1. The van der Waals surface area contributed by atoms with Crippen LogP contribution >= 0.6 is 0 Å². The van der Waals surface area contributed by atoms with Gasteiger partial charge in [0.15, 0.2) is 0 Å². The van der Waals surface area contributed by atoms with Gasteiger partial charge in [0.25, 0.3) is 0 Å². The van der Waals surface area contributed by atoms with Gasteiger partial charge in [-0.05, 0) is 37.2 Å². The lowest BCUT2D eigenvalue weighted by atomic mass is 9.46. The number of carbonyl (C=O) groups is 1. The van der Waals surface area contributed by atoms with Crippen LogP contribution in [-0.2, 0) is 10.2 Å². The quantitative estimate of drug-likeness (QED) is 0.888. The molecule has 0 heterocycles. The molecule has 0 radical (unpaired) electrons. The Bertz CT molecular complexity index is 539. The minimum absolute atomic E-state index is 0.0669. The topological polar surface area (TPSA) is 37.3 Å². The first-order valence-corrected chi connectivity index (χ1v) is 7.17. The molecule has 108 valence electrons. The second-order valence-corrected chi connectivity index (χ2v) is 6.43. The van der Waals surface area contributed by atoms with Gasteiger partial charge in [-0.15, -0.1) is 0 Å². The van der Waals surface area contributed by atoms with E-state index in [1.807, 2.05) is 0 Å². The number of aliphatic carboxylic acids is 1. The first-order chi connectivity index (χ1) is 9.47. The van der Waals surface area contributed by atoms with Gasteiger partial charge in [0.05, 0.1) is 5.41 Å². The van der Waals surface area contributed by atoms with Crippen LogP contribution in [-0.4, -0.2) is 11.1 Å². The van der Waals surface area contributed by atoms with Crippen molar-refractivity contribution in [1.29, 1.82) is 0 Å². The number of benzene rings is 1. The SMILES string of the molecule is O=C(O)C1(c2ccc(F)cc2F)CC2(CCCCC2)C1. The zero-order chi connectivity index (χ0) is 14.4. The van der Waals surface area contributed by atoms with Crippen molar-refractivity contribution in [1.82, 2.24) is 0 Å². The summed E-state index contributed by atoms with van der Waals surface area (Å²) in [6, 6.07) is 3.23. The predicted molar refractivity (Wildman–Crippen MR) is 70.4 cm³/mol. The highest BCUT2D eigenvalue weighted by molar-refractivity contribution is 5.83. The summed E-state index contributed by atoms with van der Waals surface area (Å²) in [5.74, 6) is -2.39. The van der Waals surface area contributed by atoms with Crippen LogP contribution in [0.5, 0.6) is 0 Å². The highest BCUT2D eigenvalue weighted by atomic mass is 19.1. The van der Waals surface area contributed by atoms with Crippen LogP contribution in [0, 0.1) is 17.0 Å². The Balaban J connectivity index is 1.93. The fraction of sp³-hybridized carbons (Fsp3) is 0.562. The van der Waals surface area contributed by atoms with E-state index in [0.29, 0.717) is 12.8 Å². The summed E-state index contributed by atoms with van der Waals surface area (Å²) in [6.45, 7) is 0. The Hall–Kier alpha value is -1.45. The lowest BCUT2D eigenvalue weighted by molar-refractivity contribution is -0.157. The molecule has 1 N–H and O–H groups in total. The van der Waals surface area contributed by atoms with Gasteiger partial charge in [-0.2, -0.15) is 0 Å². The van der Waals surface area contributed by atoms with E-state index in [-0.39, 0.29) is 11.0 Å². The van der Waals surface area contributed by atoms with Crippen molar-refractivity contribution in [3.05, 3.63) is 35.4 Å². The summed E-state index contributed by atoms with van der Waals surface area (Å²) < 4.78 is 27.0. The summed E-state index contributed by atoms with van der Waals surface area (Å²) >= 11 is 0. The monoisotopic (exact) mass is 280 g/mol. The van der Waals surface area contributed by atoms with Crippen molar-refractivity contribution in [2.24, 2.45) is 5.41 Å². The van der Waals surface area contributed by atoms with E-state index in [1.54, 1.807) is 0 Å². The van der Waals surface area contributed by atoms with Crippen LogP contribution in [0.1, 0.15) is 50.5 Å². The third-order valence-electron chi connectivity index (χ3n) is 5.12. The Morgan fingerprint density at radius 1 is 1.10 bits per heavy atom. The summed E-state index contributed by atoms with van der Waals surface area (Å²) in [7, 11) is 0. The van der Waals surface area contributed by atoms with Crippen LogP contribution in [0.25, 0.3) is 0 Å². The molecule has 0 saturated heterocycles. The van der Waals surface area contributed by atoms with Crippen molar-refractivity contribution in [3.63, 3.8) is 0 Å². The smallest absolute Gasteiger partial charge is 0.314 e. The van der Waals surface area contributed by atoms with E-state index >= 15 is 0 Å². The lowest BCUT2D eigenvalue weighted by Crippen LogP contribution is -2.55. The standard InChI is InChI=1S/C16H18F2O2/c17-11-4-5-12(13(18)8-11)16(14(19)20)9-15(10-16)6-2-1-3-7-15/h4-5,8H,1-3,6-7,9-10H2,(H,19,20). The predicted octanol–water partition coefficient (Wildman–Crippen LogP) is 4.03. The van der Waals surface area contributed by atoms with Crippen molar-refractivity contribution < 1.29 is 18.7 Å². The fourth-order valence-corrected chi connectivity index (χ4v) is 4.22. The largest absolute Gasteiger partial charge is 0.481 e. The molecule has 0 aromatic heterocycles. The Kier molecular flexibility index (Phi) is 3.07. The van der Waals surface area contributed by atoms with Crippen LogP contribution < -0.4 is 0 Å². The molecule has 0 atom stereocenters. The zero-order valence-electron chi connectivity index (χ0n) is 11.3. The fourth-order valence-electron chi connectivity index (χ4n) is 4.22. The van der Waals surface area contributed by atoms with Gasteiger partial charge in [-0.3, -0.25) is 4.79 Å². The summed E-state index contributed by atoms with van der Waals surface area (Å²) in [6.07, 6.45) is 6.49. The molecule has 2 nitrogen and oxygen atoms in total. The second-order valence-electron chi connectivity index (χ2n) is 6.43. The third-order valence-corrected chi connectivity index (χ3v) is 5.12. The van der Waals surface area contributed by atoms with Gasteiger partial charge < -0.3 is 5.11 Å². The molecule has 1 aromatic rings. The highest BCUT2D eigenvalue weighted by Gasteiger charge is 2.60. The maximum absolute atomic E-state index is 14.0.